The van der Waals surface area contributed by atoms with E-state index >= 15 is 0 Å². The Kier molecular flexibility index (Phi) is 4.93. The number of aryl methyl sites for hydroxylation is 1. The van der Waals surface area contributed by atoms with Gasteiger partial charge in [0.15, 0.2) is 0 Å². The molecule has 1 aliphatic rings. The third-order valence-corrected chi connectivity index (χ3v) is 5.71. The molecule has 1 fully saturated rings. The first kappa shape index (κ1) is 17.7. The first-order valence-corrected chi connectivity index (χ1v) is 9.86. The summed E-state index contributed by atoms with van der Waals surface area (Å²) in [7, 11) is 0. The third-order valence-electron chi connectivity index (χ3n) is 5.71. The Bertz CT molecular complexity index is 940. The largest absolute Gasteiger partial charge is 0.346 e. The third kappa shape index (κ3) is 4.02. The van der Waals surface area contributed by atoms with Gasteiger partial charge in [0.2, 0.25) is 0 Å². The van der Waals surface area contributed by atoms with Gasteiger partial charge in [0.05, 0.1) is 11.1 Å². The summed E-state index contributed by atoms with van der Waals surface area (Å²) in [6.45, 7) is 2.11. The lowest BCUT2D eigenvalue weighted by atomic mass is 9.77. The Hall–Kier alpha value is -2.68. The van der Waals surface area contributed by atoms with Crippen LogP contribution < -0.4 is 5.32 Å². The van der Waals surface area contributed by atoms with Crippen molar-refractivity contribution in [1.29, 1.82) is 0 Å². The Balaban J connectivity index is 1.58. The van der Waals surface area contributed by atoms with Gasteiger partial charge in [0.1, 0.15) is 0 Å². The number of aromatic nitrogens is 1. The number of amides is 1. The van der Waals surface area contributed by atoms with Gasteiger partial charge in [0, 0.05) is 17.1 Å². The van der Waals surface area contributed by atoms with Crippen LogP contribution >= 0.6 is 0 Å². The fourth-order valence-corrected chi connectivity index (χ4v) is 4.18. The molecule has 0 unspecified atom stereocenters. The summed E-state index contributed by atoms with van der Waals surface area (Å²) in [6, 6.07) is 18.5. The van der Waals surface area contributed by atoms with E-state index in [0.717, 1.165) is 30.2 Å². The zero-order valence-corrected chi connectivity index (χ0v) is 15.9. The quantitative estimate of drug-likeness (QED) is 0.695. The fraction of sp³-hybridized carbons (Fsp3) is 0.333. The van der Waals surface area contributed by atoms with Crippen LogP contribution in [-0.2, 0) is 6.42 Å². The first-order valence-electron chi connectivity index (χ1n) is 9.86. The minimum atomic E-state index is -0.157. The van der Waals surface area contributed by atoms with Crippen LogP contribution in [0, 0.1) is 6.92 Å². The SMILES string of the molecule is Cc1ccc(CC2(NC(=O)c3cnc4ccccc4c3)CCCCC2)cc1. The highest BCUT2D eigenvalue weighted by atomic mass is 16.1. The molecule has 0 bridgehead atoms. The van der Waals surface area contributed by atoms with Crippen LogP contribution in [0.25, 0.3) is 10.9 Å². The summed E-state index contributed by atoms with van der Waals surface area (Å²) < 4.78 is 0. The van der Waals surface area contributed by atoms with E-state index in [0.29, 0.717) is 5.56 Å². The average Bonchev–Trinajstić information content (AvgIpc) is 2.70. The highest BCUT2D eigenvalue weighted by molar-refractivity contribution is 5.97. The standard InChI is InChI=1S/C24H26N2O/c1-18-9-11-19(12-10-18)16-24(13-5-2-6-14-24)26-23(27)21-15-20-7-3-4-8-22(20)25-17-21/h3-4,7-12,15,17H,2,5-6,13-14,16H2,1H3,(H,26,27). The number of nitrogens with one attached hydrogen (secondary N) is 1. The van der Waals surface area contributed by atoms with Crippen molar-refractivity contribution >= 4 is 16.8 Å². The van der Waals surface area contributed by atoms with Gasteiger partial charge in [-0.2, -0.15) is 0 Å². The molecule has 1 amide bonds. The topological polar surface area (TPSA) is 42.0 Å². The summed E-state index contributed by atoms with van der Waals surface area (Å²) in [5.41, 5.74) is 3.96. The lowest BCUT2D eigenvalue weighted by molar-refractivity contribution is 0.0868. The van der Waals surface area contributed by atoms with Crippen molar-refractivity contribution in [3.05, 3.63) is 77.5 Å². The zero-order chi connectivity index (χ0) is 18.7. The molecule has 0 saturated heterocycles. The molecule has 0 aliphatic heterocycles. The number of hydrogen-bond donors (Lipinski definition) is 1. The van der Waals surface area contributed by atoms with Crippen molar-refractivity contribution in [2.24, 2.45) is 0 Å². The number of carbonyl (C=O) groups is 1. The summed E-state index contributed by atoms with van der Waals surface area (Å²) >= 11 is 0. The molecule has 3 aromatic rings. The van der Waals surface area contributed by atoms with E-state index in [9.17, 15) is 4.79 Å². The smallest absolute Gasteiger partial charge is 0.253 e. The van der Waals surface area contributed by atoms with E-state index in [-0.39, 0.29) is 11.4 Å². The minimum Gasteiger partial charge on any atom is -0.346 e. The molecule has 3 heteroatoms. The Morgan fingerprint density at radius 2 is 1.78 bits per heavy atom. The number of benzene rings is 2. The molecular formula is C24H26N2O. The fourth-order valence-electron chi connectivity index (χ4n) is 4.18. The van der Waals surface area contributed by atoms with Gasteiger partial charge in [-0.3, -0.25) is 9.78 Å². The molecule has 1 saturated carbocycles. The maximum atomic E-state index is 13.1. The Morgan fingerprint density at radius 1 is 1.04 bits per heavy atom. The van der Waals surface area contributed by atoms with Crippen LogP contribution in [0.4, 0.5) is 0 Å². The van der Waals surface area contributed by atoms with E-state index in [1.807, 2.05) is 30.3 Å². The molecule has 0 atom stereocenters. The summed E-state index contributed by atoms with van der Waals surface area (Å²) in [4.78, 5) is 17.5. The van der Waals surface area contributed by atoms with Crippen molar-refractivity contribution in [2.45, 2.75) is 51.0 Å². The highest BCUT2D eigenvalue weighted by Crippen LogP contribution is 2.32. The van der Waals surface area contributed by atoms with Gasteiger partial charge in [-0.25, -0.2) is 0 Å². The number of carbonyl (C=O) groups excluding carboxylic acids is 1. The van der Waals surface area contributed by atoms with Crippen molar-refractivity contribution in [3.8, 4) is 0 Å². The average molecular weight is 358 g/mol. The van der Waals surface area contributed by atoms with Gasteiger partial charge in [0.25, 0.3) is 5.91 Å². The van der Waals surface area contributed by atoms with E-state index in [4.69, 9.17) is 0 Å². The van der Waals surface area contributed by atoms with Crippen LogP contribution in [0.1, 0.15) is 53.6 Å². The molecule has 1 heterocycles. The molecule has 4 rings (SSSR count). The lowest BCUT2D eigenvalue weighted by Crippen LogP contribution is -2.51. The van der Waals surface area contributed by atoms with Crippen LogP contribution in [0.5, 0.6) is 0 Å². The maximum Gasteiger partial charge on any atom is 0.253 e. The molecule has 3 nitrogen and oxygen atoms in total. The Morgan fingerprint density at radius 3 is 2.56 bits per heavy atom. The lowest BCUT2D eigenvalue weighted by Gasteiger charge is -2.38. The summed E-state index contributed by atoms with van der Waals surface area (Å²) in [5.74, 6) is -0.0118. The molecule has 0 radical (unpaired) electrons. The van der Waals surface area contributed by atoms with Crippen molar-refractivity contribution in [2.75, 3.05) is 0 Å². The Labute approximate surface area is 160 Å². The van der Waals surface area contributed by atoms with Gasteiger partial charge in [-0.05, 0) is 43.9 Å². The second kappa shape index (κ2) is 7.51. The predicted molar refractivity (Wildman–Crippen MR) is 110 cm³/mol. The molecule has 1 aliphatic carbocycles. The molecule has 1 N–H and O–H groups in total. The number of para-hydroxylation sites is 1. The van der Waals surface area contributed by atoms with Crippen molar-refractivity contribution in [3.63, 3.8) is 0 Å². The second-order valence-electron chi connectivity index (χ2n) is 7.87. The van der Waals surface area contributed by atoms with Crippen molar-refractivity contribution in [1.82, 2.24) is 10.3 Å². The first-order chi connectivity index (χ1) is 13.1. The maximum absolute atomic E-state index is 13.1. The van der Waals surface area contributed by atoms with Crippen LogP contribution in [0.15, 0.2) is 60.8 Å². The number of fused-ring (bicyclic) bond motifs is 1. The molecule has 27 heavy (non-hydrogen) atoms. The van der Waals surface area contributed by atoms with Gasteiger partial charge in [-0.15, -0.1) is 0 Å². The predicted octanol–water partition coefficient (Wildman–Crippen LogP) is 5.22. The molecule has 2 aromatic carbocycles. The van der Waals surface area contributed by atoms with E-state index in [2.05, 4.69) is 41.5 Å². The summed E-state index contributed by atoms with van der Waals surface area (Å²) in [6.07, 6.45) is 8.24. The summed E-state index contributed by atoms with van der Waals surface area (Å²) in [5, 5.41) is 4.40. The number of pyridine rings is 1. The monoisotopic (exact) mass is 358 g/mol. The molecule has 0 spiro atoms. The number of nitrogens with zero attached hydrogens (tertiary/aromatic N) is 1. The van der Waals surface area contributed by atoms with Gasteiger partial charge < -0.3 is 5.32 Å². The zero-order valence-electron chi connectivity index (χ0n) is 15.9. The molecular weight excluding hydrogens is 332 g/mol. The van der Waals surface area contributed by atoms with Crippen LogP contribution in [0.2, 0.25) is 0 Å². The highest BCUT2D eigenvalue weighted by Gasteiger charge is 2.34. The molecule has 138 valence electrons. The van der Waals surface area contributed by atoms with Crippen LogP contribution in [0.3, 0.4) is 0 Å². The normalized spacial score (nSPS) is 16.2. The van der Waals surface area contributed by atoms with Crippen molar-refractivity contribution < 1.29 is 4.79 Å². The second-order valence-corrected chi connectivity index (χ2v) is 7.87. The molecule has 1 aromatic heterocycles. The van der Waals surface area contributed by atoms with Gasteiger partial charge >= 0.3 is 0 Å². The number of rotatable bonds is 4. The van der Waals surface area contributed by atoms with Gasteiger partial charge in [-0.1, -0.05) is 67.3 Å². The van der Waals surface area contributed by atoms with Crippen LogP contribution in [-0.4, -0.2) is 16.4 Å². The van der Waals surface area contributed by atoms with E-state index < -0.39 is 0 Å². The van der Waals surface area contributed by atoms with E-state index in [1.54, 1.807) is 6.20 Å². The minimum absolute atomic E-state index is 0.0118. The van der Waals surface area contributed by atoms with E-state index in [1.165, 1.54) is 30.4 Å². The number of hydrogen-bond acceptors (Lipinski definition) is 2.